The lowest BCUT2D eigenvalue weighted by molar-refractivity contribution is 0.264. The summed E-state index contributed by atoms with van der Waals surface area (Å²) in [5.74, 6) is 1.69. The van der Waals surface area contributed by atoms with Gasteiger partial charge in [-0.15, -0.1) is 10.2 Å². The van der Waals surface area contributed by atoms with Crippen molar-refractivity contribution in [2.24, 2.45) is 0 Å². The van der Waals surface area contributed by atoms with Gasteiger partial charge in [0.2, 0.25) is 0 Å². The van der Waals surface area contributed by atoms with Crippen molar-refractivity contribution in [2.45, 2.75) is 6.61 Å². The van der Waals surface area contributed by atoms with Crippen LogP contribution in [0.4, 0.5) is 0 Å². The van der Waals surface area contributed by atoms with Crippen LogP contribution in [0.3, 0.4) is 0 Å². The Morgan fingerprint density at radius 3 is 2.48 bits per heavy atom. The van der Waals surface area contributed by atoms with E-state index in [1.165, 1.54) is 0 Å². The van der Waals surface area contributed by atoms with Crippen molar-refractivity contribution < 1.29 is 13.9 Å². The van der Waals surface area contributed by atoms with Crippen LogP contribution >= 0.6 is 23.2 Å². The molecule has 0 amide bonds. The van der Waals surface area contributed by atoms with E-state index >= 15 is 0 Å². The zero-order valence-electron chi connectivity index (χ0n) is 12.1. The first kappa shape index (κ1) is 15.6. The molecular weight excluding hydrogens is 339 g/mol. The van der Waals surface area contributed by atoms with Gasteiger partial charge in [-0.3, -0.25) is 0 Å². The lowest BCUT2D eigenvalue weighted by atomic mass is 10.2. The minimum absolute atomic E-state index is 0.0611. The van der Waals surface area contributed by atoms with E-state index in [4.69, 9.17) is 37.1 Å². The third-order valence-corrected chi connectivity index (χ3v) is 3.66. The number of hydrogen-bond acceptors (Lipinski definition) is 5. The van der Waals surface area contributed by atoms with E-state index in [-0.39, 0.29) is 6.61 Å². The summed E-state index contributed by atoms with van der Waals surface area (Å²) in [6, 6.07) is 12.5. The van der Waals surface area contributed by atoms with Gasteiger partial charge in [0.05, 0.1) is 22.7 Å². The average molecular weight is 351 g/mol. The molecule has 118 valence electrons. The molecule has 1 heterocycles. The van der Waals surface area contributed by atoms with Gasteiger partial charge in [-0.25, -0.2) is 0 Å². The van der Waals surface area contributed by atoms with E-state index in [1.54, 1.807) is 25.3 Å². The first-order valence-electron chi connectivity index (χ1n) is 6.71. The van der Waals surface area contributed by atoms with Crippen LogP contribution < -0.4 is 9.47 Å². The van der Waals surface area contributed by atoms with Crippen LogP contribution in [0.5, 0.6) is 11.5 Å². The molecule has 3 aromatic rings. The molecule has 0 radical (unpaired) electrons. The second-order valence-electron chi connectivity index (χ2n) is 4.54. The Hall–Kier alpha value is -2.24. The first-order valence-corrected chi connectivity index (χ1v) is 7.47. The molecule has 0 unspecified atom stereocenters. The summed E-state index contributed by atoms with van der Waals surface area (Å²) in [5.41, 5.74) is 0.713. The van der Waals surface area contributed by atoms with Crippen molar-refractivity contribution in [3.8, 4) is 23.0 Å². The first-order chi connectivity index (χ1) is 11.2. The van der Waals surface area contributed by atoms with Crippen LogP contribution in [0, 0.1) is 0 Å². The topological polar surface area (TPSA) is 57.4 Å². The molecule has 0 aliphatic carbocycles. The summed E-state index contributed by atoms with van der Waals surface area (Å²) in [7, 11) is 1.58. The predicted molar refractivity (Wildman–Crippen MR) is 87.1 cm³/mol. The number of para-hydroxylation sites is 2. The third-order valence-electron chi connectivity index (χ3n) is 3.06. The van der Waals surface area contributed by atoms with Gasteiger partial charge in [0.15, 0.2) is 12.4 Å². The lowest BCUT2D eigenvalue weighted by Crippen LogP contribution is -1.96. The van der Waals surface area contributed by atoms with Gasteiger partial charge in [-0.05, 0) is 24.3 Å². The molecule has 0 fully saturated rings. The quantitative estimate of drug-likeness (QED) is 0.671. The lowest BCUT2D eigenvalue weighted by Gasteiger charge is -2.07. The van der Waals surface area contributed by atoms with Crippen molar-refractivity contribution in [1.82, 2.24) is 10.2 Å². The zero-order chi connectivity index (χ0) is 16.2. The molecule has 0 spiro atoms. The van der Waals surface area contributed by atoms with Crippen molar-refractivity contribution in [2.75, 3.05) is 7.11 Å². The van der Waals surface area contributed by atoms with E-state index in [1.807, 2.05) is 24.3 Å². The van der Waals surface area contributed by atoms with Gasteiger partial charge < -0.3 is 13.9 Å². The van der Waals surface area contributed by atoms with Crippen LogP contribution in [0.2, 0.25) is 10.0 Å². The number of halogens is 2. The Labute approximate surface area is 142 Å². The number of benzene rings is 2. The van der Waals surface area contributed by atoms with Crippen molar-refractivity contribution >= 4 is 23.2 Å². The normalized spacial score (nSPS) is 10.6. The third kappa shape index (κ3) is 3.41. The van der Waals surface area contributed by atoms with Gasteiger partial charge >= 0.3 is 0 Å². The summed E-state index contributed by atoms with van der Waals surface area (Å²) in [4.78, 5) is 0. The van der Waals surface area contributed by atoms with E-state index in [2.05, 4.69) is 10.2 Å². The molecule has 7 heteroatoms. The van der Waals surface area contributed by atoms with Gasteiger partial charge in [-0.2, -0.15) is 0 Å². The molecule has 1 aromatic heterocycles. The maximum absolute atomic E-state index is 6.04. The minimum atomic E-state index is 0.0611. The fourth-order valence-electron chi connectivity index (χ4n) is 2.00. The summed E-state index contributed by atoms with van der Waals surface area (Å²) in [6.45, 7) is 0.0611. The number of rotatable bonds is 5. The summed E-state index contributed by atoms with van der Waals surface area (Å²) in [6.07, 6.45) is 0. The highest BCUT2D eigenvalue weighted by atomic mass is 35.5. The maximum Gasteiger partial charge on any atom is 0.254 e. The fourth-order valence-corrected chi connectivity index (χ4v) is 2.50. The molecule has 0 bridgehead atoms. The van der Waals surface area contributed by atoms with Crippen LogP contribution in [0.25, 0.3) is 11.5 Å². The molecule has 0 saturated carbocycles. The average Bonchev–Trinajstić information content (AvgIpc) is 3.03. The standard InChI is InChI=1S/C16H12Cl2N2O3/c1-21-13-8-3-2-5-10(13)16-20-19-14(23-16)9-22-15-11(17)6-4-7-12(15)18/h2-8H,9H2,1H3. The molecule has 3 rings (SSSR count). The van der Waals surface area contributed by atoms with Crippen LogP contribution in [0.1, 0.15) is 5.89 Å². The van der Waals surface area contributed by atoms with Crippen LogP contribution in [-0.2, 0) is 6.61 Å². The van der Waals surface area contributed by atoms with Crippen LogP contribution in [-0.4, -0.2) is 17.3 Å². The molecule has 2 aromatic carbocycles. The highest BCUT2D eigenvalue weighted by Crippen LogP contribution is 2.33. The SMILES string of the molecule is COc1ccccc1-c1nnc(COc2c(Cl)cccc2Cl)o1. The second kappa shape index (κ2) is 6.89. The molecule has 0 saturated heterocycles. The minimum Gasteiger partial charge on any atom is -0.496 e. The molecule has 0 N–H and O–H groups in total. The monoisotopic (exact) mass is 350 g/mol. The number of hydrogen-bond donors (Lipinski definition) is 0. The maximum atomic E-state index is 6.04. The van der Waals surface area contributed by atoms with E-state index < -0.39 is 0 Å². The number of ether oxygens (including phenoxy) is 2. The van der Waals surface area contributed by atoms with Crippen molar-refractivity contribution in [1.29, 1.82) is 0 Å². The molecule has 5 nitrogen and oxygen atoms in total. The highest BCUT2D eigenvalue weighted by molar-refractivity contribution is 6.37. The van der Waals surface area contributed by atoms with Gasteiger partial charge in [-0.1, -0.05) is 41.4 Å². The molecule has 0 aliphatic heterocycles. The van der Waals surface area contributed by atoms with Gasteiger partial charge in [0.25, 0.3) is 11.8 Å². The Morgan fingerprint density at radius 1 is 1.00 bits per heavy atom. The molecule has 0 aliphatic rings. The smallest absolute Gasteiger partial charge is 0.254 e. The Balaban J connectivity index is 1.78. The van der Waals surface area contributed by atoms with Crippen molar-refractivity contribution in [3.63, 3.8) is 0 Å². The molecule has 0 atom stereocenters. The summed E-state index contributed by atoms with van der Waals surface area (Å²) in [5, 5.41) is 8.81. The molecular formula is C16H12Cl2N2O3. The van der Waals surface area contributed by atoms with Crippen molar-refractivity contribution in [3.05, 3.63) is 58.4 Å². The number of nitrogens with zero attached hydrogens (tertiary/aromatic N) is 2. The second-order valence-corrected chi connectivity index (χ2v) is 5.36. The van der Waals surface area contributed by atoms with E-state index in [0.29, 0.717) is 38.9 Å². The zero-order valence-corrected chi connectivity index (χ0v) is 13.6. The number of methoxy groups -OCH3 is 1. The van der Waals surface area contributed by atoms with Crippen LogP contribution in [0.15, 0.2) is 46.9 Å². The summed E-state index contributed by atoms with van der Waals surface area (Å²) < 4.78 is 16.4. The summed E-state index contributed by atoms with van der Waals surface area (Å²) >= 11 is 12.1. The highest BCUT2D eigenvalue weighted by Gasteiger charge is 2.14. The number of aromatic nitrogens is 2. The Bertz CT molecular complexity index is 800. The van der Waals surface area contributed by atoms with Gasteiger partial charge in [0, 0.05) is 0 Å². The Morgan fingerprint density at radius 2 is 1.74 bits per heavy atom. The molecule has 23 heavy (non-hydrogen) atoms. The fraction of sp³-hybridized carbons (Fsp3) is 0.125. The predicted octanol–water partition coefficient (Wildman–Crippen LogP) is 4.63. The Kier molecular flexibility index (Phi) is 4.69. The van der Waals surface area contributed by atoms with E-state index in [9.17, 15) is 0 Å². The van der Waals surface area contributed by atoms with Gasteiger partial charge in [0.1, 0.15) is 5.75 Å². The van der Waals surface area contributed by atoms with E-state index in [0.717, 1.165) is 0 Å². The largest absolute Gasteiger partial charge is 0.496 e.